The first kappa shape index (κ1) is 22.2. The summed E-state index contributed by atoms with van der Waals surface area (Å²) in [6, 6.07) is 5.99. The smallest absolute Gasteiger partial charge is 0.347 e. The van der Waals surface area contributed by atoms with Crippen molar-refractivity contribution in [3.8, 4) is 0 Å². The van der Waals surface area contributed by atoms with Crippen molar-refractivity contribution in [1.29, 1.82) is 0 Å². The van der Waals surface area contributed by atoms with Crippen LogP contribution in [0.1, 0.15) is 37.1 Å². The van der Waals surface area contributed by atoms with Crippen LogP contribution in [0.2, 0.25) is 10.0 Å². The number of aromatic nitrogens is 2. The number of carbonyl (C=O) groups is 2. The van der Waals surface area contributed by atoms with Gasteiger partial charge < -0.3 is 20.3 Å². The summed E-state index contributed by atoms with van der Waals surface area (Å²) in [5.41, 5.74) is 2.16. The molecule has 1 saturated heterocycles. The Morgan fingerprint density at radius 3 is 2.48 bits per heavy atom. The molecule has 11 heteroatoms. The van der Waals surface area contributed by atoms with Crippen LogP contribution in [0, 0.1) is 24.6 Å². The van der Waals surface area contributed by atoms with E-state index in [1.165, 1.54) is 12.1 Å². The maximum atomic E-state index is 13.2. The quantitative estimate of drug-likeness (QED) is 0.458. The average Bonchev–Trinajstić information content (AvgIpc) is 3.14. The number of halogens is 3. The molecular weight excluding hydrogens is 490 g/mol. The predicted octanol–water partition coefficient (Wildman–Crippen LogP) is 4.38. The molecule has 3 heterocycles. The number of thiazole rings is 1. The van der Waals surface area contributed by atoms with Gasteiger partial charge in [0.05, 0.1) is 15.7 Å². The van der Waals surface area contributed by atoms with Gasteiger partial charge in [0.25, 0.3) is 5.91 Å². The second kappa shape index (κ2) is 8.30. The number of carboxylic acids is 1. The van der Waals surface area contributed by atoms with Crippen molar-refractivity contribution in [2.24, 2.45) is 11.8 Å². The van der Waals surface area contributed by atoms with Crippen LogP contribution in [0.4, 0.5) is 9.52 Å². The van der Waals surface area contributed by atoms with Gasteiger partial charge in [-0.1, -0.05) is 46.7 Å². The molecule has 5 rings (SSSR count). The van der Waals surface area contributed by atoms with E-state index in [-0.39, 0.29) is 45.2 Å². The number of fused-ring (bicyclic) bond motifs is 1. The molecule has 1 aliphatic carbocycles. The number of amides is 1. The van der Waals surface area contributed by atoms with Crippen molar-refractivity contribution in [3.05, 3.63) is 67.7 Å². The van der Waals surface area contributed by atoms with Crippen molar-refractivity contribution in [2.75, 3.05) is 18.0 Å². The van der Waals surface area contributed by atoms with Gasteiger partial charge in [-0.05, 0) is 24.6 Å². The number of aryl methyl sites for hydroxylation is 1. The minimum Gasteiger partial charge on any atom is -0.477 e. The van der Waals surface area contributed by atoms with E-state index in [1.807, 2.05) is 0 Å². The largest absolute Gasteiger partial charge is 0.477 e. The molecule has 3 atom stereocenters. The summed E-state index contributed by atoms with van der Waals surface area (Å²) < 4.78 is 13.2. The van der Waals surface area contributed by atoms with Crippen molar-refractivity contribution in [3.63, 3.8) is 0 Å². The number of carboxylic acid groups (broad SMARTS) is 1. The molecule has 2 aliphatic rings. The number of aromatic carboxylic acids is 1. The molecular formula is C22H19Cl2FN4O3S. The number of H-pyrrole nitrogens is 1. The minimum absolute atomic E-state index is 0.0322. The third-order valence-electron chi connectivity index (χ3n) is 6.21. The Labute approximate surface area is 202 Å². The van der Waals surface area contributed by atoms with Gasteiger partial charge in [0.15, 0.2) is 5.13 Å². The first-order valence-electron chi connectivity index (χ1n) is 10.3. The van der Waals surface area contributed by atoms with E-state index in [2.05, 4.69) is 20.2 Å². The van der Waals surface area contributed by atoms with Crippen molar-refractivity contribution >= 4 is 51.5 Å². The molecule has 0 radical (unpaired) electrons. The number of aromatic amines is 1. The van der Waals surface area contributed by atoms with E-state index >= 15 is 0 Å². The molecule has 1 aromatic carbocycles. The van der Waals surface area contributed by atoms with E-state index in [0.717, 1.165) is 16.9 Å². The molecule has 1 amide bonds. The highest BCUT2D eigenvalue weighted by Crippen LogP contribution is 2.48. The summed E-state index contributed by atoms with van der Waals surface area (Å²) in [6.07, 6.45) is 0.316. The van der Waals surface area contributed by atoms with Crippen LogP contribution in [0.5, 0.6) is 0 Å². The molecule has 0 unspecified atom stereocenters. The Kier molecular flexibility index (Phi) is 5.58. The van der Waals surface area contributed by atoms with E-state index in [9.17, 15) is 19.1 Å². The number of benzene rings is 1. The van der Waals surface area contributed by atoms with Gasteiger partial charge in [-0.25, -0.2) is 14.2 Å². The second-order valence-corrected chi connectivity index (χ2v) is 10.1. The van der Waals surface area contributed by atoms with Crippen LogP contribution < -0.4 is 10.2 Å². The maximum absolute atomic E-state index is 13.2. The molecule has 172 valence electrons. The molecule has 2 aromatic heterocycles. The first-order chi connectivity index (χ1) is 15.7. The summed E-state index contributed by atoms with van der Waals surface area (Å²) in [7, 11) is 0. The van der Waals surface area contributed by atoms with Gasteiger partial charge in [-0.2, -0.15) is 0 Å². The second-order valence-electron chi connectivity index (χ2n) is 8.37. The molecule has 2 fully saturated rings. The Balaban J connectivity index is 1.25. The Hall–Kier alpha value is -2.62. The minimum atomic E-state index is -1.03. The lowest BCUT2D eigenvalue weighted by atomic mass is 10.1. The Morgan fingerprint density at radius 1 is 1.24 bits per heavy atom. The zero-order valence-electron chi connectivity index (χ0n) is 17.4. The number of nitrogens with one attached hydrogen (secondary N) is 2. The monoisotopic (exact) mass is 508 g/mol. The lowest BCUT2D eigenvalue weighted by Gasteiger charge is -2.19. The van der Waals surface area contributed by atoms with Gasteiger partial charge >= 0.3 is 5.97 Å². The number of hydrogen-bond donors (Lipinski definition) is 3. The van der Waals surface area contributed by atoms with E-state index < -0.39 is 5.97 Å². The third-order valence-corrected chi connectivity index (χ3v) is 8.30. The molecule has 0 spiro atoms. The van der Waals surface area contributed by atoms with Gasteiger partial charge in [-0.15, -0.1) is 0 Å². The zero-order chi connectivity index (χ0) is 23.4. The van der Waals surface area contributed by atoms with Gasteiger partial charge in [0.1, 0.15) is 16.4 Å². The molecule has 1 saturated carbocycles. The fraction of sp³-hybridized carbons (Fsp3) is 0.318. The SMILES string of the molecule is Cc1[nH]c(C(=O)N[C@H]2[C@@H]3CN(c4nc(Cc5ccc(F)cc5)c(C(=O)O)s4)C[C@@H]32)c(Cl)c1Cl. The molecule has 0 bridgehead atoms. The topological polar surface area (TPSA) is 98.3 Å². The number of hydrogen-bond acceptors (Lipinski definition) is 5. The number of anilines is 1. The number of piperidine rings is 1. The summed E-state index contributed by atoms with van der Waals surface area (Å²) in [5.74, 6) is -1.13. The number of carbonyl (C=O) groups excluding carboxylic acids is 1. The number of nitrogens with zero attached hydrogens (tertiary/aromatic N) is 2. The lowest BCUT2D eigenvalue weighted by molar-refractivity contribution is 0.0700. The standard InChI is InChI=1S/C22H19Cl2FN4O3S/c1-9-15(23)16(24)18(26-9)20(30)28-17-12-7-29(8-13(12)17)22-27-14(19(33-22)21(31)32)6-10-2-4-11(25)5-3-10/h2-5,12-13,17,26H,6-8H2,1H3,(H,28,30)(H,31,32)/t12-,13+,17+. The van der Waals surface area contributed by atoms with Crippen molar-refractivity contribution in [2.45, 2.75) is 19.4 Å². The van der Waals surface area contributed by atoms with E-state index in [4.69, 9.17) is 23.2 Å². The molecule has 3 N–H and O–H groups in total. The Morgan fingerprint density at radius 2 is 1.91 bits per heavy atom. The third kappa shape index (κ3) is 4.09. The lowest BCUT2D eigenvalue weighted by Crippen LogP contribution is -2.34. The van der Waals surface area contributed by atoms with Crippen molar-refractivity contribution in [1.82, 2.24) is 15.3 Å². The van der Waals surface area contributed by atoms with Crippen molar-refractivity contribution < 1.29 is 19.1 Å². The van der Waals surface area contributed by atoms with Crippen LogP contribution in [-0.4, -0.2) is 46.1 Å². The highest BCUT2D eigenvalue weighted by molar-refractivity contribution is 7.17. The average molecular weight is 509 g/mol. The van der Waals surface area contributed by atoms with E-state index in [1.54, 1.807) is 19.1 Å². The summed E-state index contributed by atoms with van der Waals surface area (Å²) in [4.78, 5) is 34.1. The van der Waals surface area contributed by atoms with Crippen LogP contribution >= 0.6 is 34.5 Å². The van der Waals surface area contributed by atoms with Gasteiger partial charge in [-0.3, -0.25) is 4.79 Å². The van der Waals surface area contributed by atoms with E-state index in [0.29, 0.717) is 41.1 Å². The summed E-state index contributed by atoms with van der Waals surface area (Å²) >= 11 is 13.3. The van der Waals surface area contributed by atoms with Crippen LogP contribution in [-0.2, 0) is 6.42 Å². The Bertz CT molecular complexity index is 1250. The fourth-order valence-electron chi connectivity index (χ4n) is 4.41. The number of rotatable bonds is 6. The van der Waals surface area contributed by atoms with Gasteiger partial charge in [0, 0.05) is 43.1 Å². The zero-order valence-corrected chi connectivity index (χ0v) is 19.7. The maximum Gasteiger partial charge on any atom is 0.347 e. The van der Waals surface area contributed by atoms with Crippen LogP contribution in [0.15, 0.2) is 24.3 Å². The predicted molar refractivity (Wildman–Crippen MR) is 124 cm³/mol. The molecule has 7 nitrogen and oxygen atoms in total. The molecule has 33 heavy (non-hydrogen) atoms. The summed E-state index contributed by atoms with van der Waals surface area (Å²) in [5, 5.41) is 13.8. The summed E-state index contributed by atoms with van der Waals surface area (Å²) in [6.45, 7) is 3.10. The van der Waals surface area contributed by atoms with Crippen LogP contribution in [0.25, 0.3) is 0 Å². The van der Waals surface area contributed by atoms with Gasteiger partial charge in [0.2, 0.25) is 0 Å². The normalized spacial score (nSPS) is 21.2. The molecule has 3 aromatic rings. The van der Waals surface area contributed by atoms with Crippen LogP contribution in [0.3, 0.4) is 0 Å². The highest BCUT2D eigenvalue weighted by Gasteiger charge is 2.57. The first-order valence-corrected chi connectivity index (χ1v) is 11.9. The molecule has 1 aliphatic heterocycles. The fourth-order valence-corrected chi connectivity index (χ4v) is 5.76. The highest BCUT2D eigenvalue weighted by atomic mass is 35.5.